The first kappa shape index (κ1) is 14.6. The molecule has 1 aliphatic heterocycles. The Bertz CT molecular complexity index is 787. The summed E-state index contributed by atoms with van der Waals surface area (Å²) in [7, 11) is 0. The van der Waals surface area contributed by atoms with E-state index in [1.54, 1.807) is 6.07 Å². The van der Waals surface area contributed by atoms with Crippen molar-refractivity contribution in [2.45, 2.75) is 19.3 Å². The van der Waals surface area contributed by atoms with Crippen LogP contribution >= 0.6 is 11.6 Å². The van der Waals surface area contributed by atoms with E-state index in [9.17, 15) is 10.1 Å². The van der Waals surface area contributed by atoms with Gasteiger partial charge in [-0.15, -0.1) is 0 Å². The van der Waals surface area contributed by atoms with Crippen LogP contribution in [0.2, 0.25) is 5.02 Å². The smallest absolute Gasteiger partial charge is 0.271 e. The number of aromatic nitrogens is 2. The molecule has 112 valence electrons. The van der Waals surface area contributed by atoms with Crippen LogP contribution in [0.3, 0.4) is 0 Å². The fourth-order valence-corrected chi connectivity index (χ4v) is 2.90. The SMILES string of the molecule is N#Cc1c(N2CCCC2)nc(Cc2cccc(Cl)c2)[nH]c1=O. The van der Waals surface area contributed by atoms with Crippen molar-refractivity contribution in [3.8, 4) is 6.07 Å². The number of nitrogens with zero attached hydrogens (tertiary/aromatic N) is 3. The minimum atomic E-state index is -0.378. The Morgan fingerprint density at radius 3 is 2.82 bits per heavy atom. The molecule has 0 amide bonds. The van der Waals surface area contributed by atoms with E-state index in [0.29, 0.717) is 23.1 Å². The summed E-state index contributed by atoms with van der Waals surface area (Å²) in [5, 5.41) is 9.87. The van der Waals surface area contributed by atoms with Gasteiger partial charge in [-0.25, -0.2) is 4.98 Å². The topological polar surface area (TPSA) is 72.8 Å². The molecule has 5 nitrogen and oxygen atoms in total. The Labute approximate surface area is 133 Å². The predicted octanol–water partition coefficient (Wildman–Crippen LogP) is 2.49. The van der Waals surface area contributed by atoms with Crippen LogP contribution in [0.1, 0.15) is 29.8 Å². The highest BCUT2D eigenvalue weighted by Gasteiger charge is 2.20. The van der Waals surface area contributed by atoms with Crippen LogP contribution in [-0.4, -0.2) is 23.1 Å². The van der Waals surface area contributed by atoms with Crippen LogP contribution in [0.4, 0.5) is 5.82 Å². The number of rotatable bonds is 3. The summed E-state index contributed by atoms with van der Waals surface area (Å²) < 4.78 is 0. The Kier molecular flexibility index (Phi) is 4.12. The van der Waals surface area contributed by atoms with E-state index in [1.165, 1.54) is 0 Å². The van der Waals surface area contributed by atoms with Crippen LogP contribution in [0, 0.1) is 11.3 Å². The second kappa shape index (κ2) is 6.20. The van der Waals surface area contributed by atoms with Crippen molar-refractivity contribution in [1.29, 1.82) is 5.26 Å². The summed E-state index contributed by atoms with van der Waals surface area (Å²) in [5.41, 5.74) is 0.681. The Hall–Kier alpha value is -2.32. The molecule has 1 saturated heterocycles. The number of hydrogen-bond donors (Lipinski definition) is 1. The van der Waals surface area contributed by atoms with Gasteiger partial charge in [0, 0.05) is 24.5 Å². The van der Waals surface area contributed by atoms with Gasteiger partial charge >= 0.3 is 0 Å². The number of anilines is 1. The van der Waals surface area contributed by atoms with Gasteiger partial charge in [-0.1, -0.05) is 23.7 Å². The Morgan fingerprint density at radius 2 is 2.14 bits per heavy atom. The molecule has 0 bridgehead atoms. The highest BCUT2D eigenvalue weighted by Crippen LogP contribution is 2.20. The maximum Gasteiger partial charge on any atom is 0.271 e. The van der Waals surface area contributed by atoms with Gasteiger partial charge in [0.15, 0.2) is 11.4 Å². The van der Waals surface area contributed by atoms with E-state index in [4.69, 9.17) is 11.6 Å². The number of H-pyrrole nitrogens is 1. The summed E-state index contributed by atoms with van der Waals surface area (Å²) >= 11 is 5.98. The zero-order valence-corrected chi connectivity index (χ0v) is 12.7. The fourth-order valence-electron chi connectivity index (χ4n) is 2.69. The summed E-state index contributed by atoms with van der Waals surface area (Å²) in [6.45, 7) is 1.67. The number of halogens is 1. The van der Waals surface area contributed by atoms with Gasteiger partial charge in [0.25, 0.3) is 5.56 Å². The zero-order chi connectivity index (χ0) is 15.5. The molecule has 3 rings (SSSR count). The van der Waals surface area contributed by atoms with Gasteiger partial charge < -0.3 is 9.88 Å². The van der Waals surface area contributed by atoms with Gasteiger partial charge in [-0.2, -0.15) is 5.26 Å². The van der Waals surface area contributed by atoms with Gasteiger partial charge in [-0.3, -0.25) is 4.79 Å². The molecular weight excluding hydrogens is 300 g/mol. The van der Waals surface area contributed by atoms with E-state index >= 15 is 0 Å². The first-order chi connectivity index (χ1) is 10.7. The maximum atomic E-state index is 12.1. The van der Waals surface area contributed by atoms with Crippen molar-refractivity contribution in [1.82, 2.24) is 9.97 Å². The molecule has 1 aliphatic rings. The molecule has 1 N–H and O–H groups in total. The molecule has 2 heterocycles. The average Bonchev–Trinajstić information content (AvgIpc) is 3.00. The molecule has 0 aliphatic carbocycles. The van der Waals surface area contributed by atoms with E-state index < -0.39 is 0 Å². The molecule has 0 unspecified atom stereocenters. The van der Waals surface area contributed by atoms with Crippen molar-refractivity contribution in [2.75, 3.05) is 18.0 Å². The van der Waals surface area contributed by atoms with E-state index in [0.717, 1.165) is 31.5 Å². The third-order valence-corrected chi connectivity index (χ3v) is 3.96. The first-order valence-corrected chi connectivity index (χ1v) is 7.58. The van der Waals surface area contributed by atoms with Crippen molar-refractivity contribution in [3.63, 3.8) is 0 Å². The maximum absolute atomic E-state index is 12.1. The van der Waals surface area contributed by atoms with Crippen LogP contribution in [0.15, 0.2) is 29.1 Å². The van der Waals surface area contributed by atoms with Crippen molar-refractivity contribution in [3.05, 3.63) is 56.6 Å². The molecule has 0 atom stereocenters. The van der Waals surface area contributed by atoms with E-state index in [1.807, 2.05) is 29.2 Å². The minimum Gasteiger partial charge on any atom is -0.355 e. The molecule has 2 aromatic rings. The van der Waals surface area contributed by atoms with Gasteiger partial charge in [0.1, 0.15) is 11.9 Å². The number of aromatic amines is 1. The number of nitriles is 1. The van der Waals surface area contributed by atoms with Gasteiger partial charge in [0.2, 0.25) is 0 Å². The summed E-state index contributed by atoms with van der Waals surface area (Å²) in [5.74, 6) is 1.05. The molecule has 1 aromatic carbocycles. The highest BCUT2D eigenvalue weighted by atomic mass is 35.5. The normalized spacial score (nSPS) is 14.1. The predicted molar refractivity (Wildman–Crippen MR) is 85.3 cm³/mol. The molecule has 0 radical (unpaired) electrons. The number of benzene rings is 1. The average molecular weight is 315 g/mol. The monoisotopic (exact) mass is 314 g/mol. The molecule has 0 saturated carbocycles. The van der Waals surface area contributed by atoms with Crippen molar-refractivity contribution >= 4 is 17.4 Å². The van der Waals surface area contributed by atoms with E-state index in [-0.39, 0.29) is 11.1 Å². The van der Waals surface area contributed by atoms with Crippen LogP contribution in [-0.2, 0) is 6.42 Å². The number of nitrogens with one attached hydrogen (secondary N) is 1. The lowest BCUT2D eigenvalue weighted by molar-refractivity contribution is 0.872. The molecule has 1 fully saturated rings. The molecule has 1 aromatic heterocycles. The quantitative estimate of drug-likeness (QED) is 0.944. The molecular formula is C16H15ClN4O. The van der Waals surface area contributed by atoms with Crippen molar-refractivity contribution in [2.24, 2.45) is 0 Å². The van der Waals surface area contributed by atoms with Crippen LogP contribution in [0.25, 0.3) is 0 Å². The highest BCUT2D eigenvalue weighted by molar-refractivity contribution is 6.30. The molecule has 22 heavy (non-hydrogen) atoms. The first-order valence-electron chi connectivity index (χ1n) is 7.20. The van der Waals surface area contributed by atoms with E-state index in [2.05, 4.69) is 9.97 Å². The van der Waals surface area contributed by atoms with Crippen molar-refractivity contribution < 1.29 is 0 Å². The lowest BCUT2D eigenvalue weighted by atomic mass is 10.1. The molecule has 0 spiro atoms. The number of hydrogen-bond acceptors (Lipinski definition) is 4. The Morgan fingerprint density at radius 1 is 1.36 bits per heavy atom. The largest absolute Gasteiger partial charge is 0.355 e. The Balaban J connectivity index is 1.99. The van der Waals surface area contributed by atoms with Gasteiger partial charge in [0.05, 0.1) is 0 Å². The standard InChI is InChI=1S/C16H15ClN4O/c17-12-5-3-4-11(8-12)9-14-19-15(21-6-1-2-7-21)13(10-18)16(22)20-14/h3-5,8H,1-2,6-7,9H2,(H,19,20,22). The lowest BCUT2D eigenvalue weighted by Crippen LogP contribution is -2.26. The third-order valence-electron chi connectivity index (χ3n) is 3.73. The zero-order valence-electron chi connectivity index (χ0n) is 12.0. The van der Waals surface area contributed by atoms with Crippen LogP contribution < -0.4 is 10.5 Å². The van der Waals surface area contributed by atoms with Gasteiger partial charge in [-0.05, 0) is 30.5 Å². The summed E-state index contributed by atoms with van der Waals surface area (Å²) in [4.78, 5) is 21.4. The second-order valence-electron chi connectivity index (χ2n) is 5.32. The summed E-state index contributed by atoms with van der Waals surface area (Å²) in [6, 6.07) is 9.41. The minimum absolute atomic E-state index is 0.0942. The molecule has 6 heteroatoms. The summed E-state index contributed by atoms with van der Waals surface area (Å²) in [6.07, 6.45) is 2.59. The third kappa shape index (κ3) is 2.97. The van der Waals surface area contributed by atoms with Crippen LogP contribution in [0.5, 0.6) is 0 Å². The second-order valence-corrected chi connectivity index (χ2v) is 5.76. The fraction of sp³-hybridized carbons (Fsp3) is 0.312. The lowest BCUT2D eigenvalue weighted by Gasteiger charge is -2.18.